The first-order valence-electron chi connectivity index (χ1n) is 5.76. The Hall–Kier alpha value is -1.97. The molecular weight excluding hydrogens is 299 g/mol. The van der Waals surface area contributed by atoms with Crippen molar-refractivity contribution in [3.05, 3.63) is 62.9 Å². The second-order valence-corrected chi connectivity index (χ2v) is 5.10. The molecule has 0 spiro atoms. The van der Waals surface area contributed by atoms with Gasteiger partial charge in [0.05, 0.1) is 21.0 Å². The van der Waals surface area contributed by atoms with E-state index in [1.54, 1.807) is 18.2 Å². The van der Waals surface area contributed by atoms with Gasteiger partial charge in [-0.05, 0) is 29.8 Å². The highest BCUT2D eigenvalue weighted by Gasteiger charge is 2.10. The maximum absolute atomic E-state index is 12.4. The molecule has 0 atom stereocenters. The Morgan fingerprint density at radius 1 is 1.00 bits per heavy atom. The number of phenolic OH excluding ortho intramolecular Hbond substituents is 1. The number of hydrogen-bond acceptors (Lipinski definition) is 3. The van der Waals surface area contributed by atoms with E-state index < -0.39 is 0 Å². The predicted octanol–water partition coefficient (Wildman–Crippen LogP) is 4.47. The molecular formula is C15H8Cl2O3. The van der Waals surface area contributed by atoms with E-state index in [1.165, 1.54) is 24.5 Å². The van der Waals surface area contributed by atoms with Gasteiger partial charge >= 0.3 is 0 Å². The summed E-state index contributed by atoms with van der Waals surface area (Å²) in [6.07, 6.45) is 1.35. The maximum Gasteiger partial charge on any atom is 0.200 e. The molecule has 0 aliphatic carbocycles. The highest BCUT2D eigenvalue weighted by Crippen LogP contribution is 2.28. The average Bonchev–Trinajstić information content (AvgIpc) is 2.42. The SMILES string of the molecule is O=c1c(-c2ccc(Cl)c(Cl)c2)coc2cc(O)ccc12. The zero-order valence-corrected chi connectivity index (χ0v) is 11.6. The molecule has 5 heteroatoms. The highest BCUT2D eigenvalue weighted by molar-refractivity contribution is 6.42. The zero-order chi connectivity index (χ0) is 14.3. The van der Waals surface area contributed by atoms with E-state index >= 15 is 0 Å². The third-order valence-electron chi connectivity index (χ3n) is 2.99. The maximum atomic E-state index is 12.4. The van der Waals surface area contributed by atoms with Gasteiger partial charge in [0.25, 0.3) is 0 Å². The number of rotatable bonds is 1. The molecule has 3 aromatic rings. The first kappa shape index (κ1) is 13.0. The van der Waals surface area contributed by atoms with Gasteiger partial charge in [-0.1, -0.05) is 29.3 Å². The highest BCUT2D eigenvalue weighted by atomic mass is 35.5. The predicted molar refractivity (Wildman–Crippen MR) is 79.6 cm³/mol. The molecule has 0 fully saturated rings. The molecule has 0 unspecified atom stereocenters. The summed E-state index contributed by atoms with van der Waals surface area (Å²) in [6, 6.07) is 9.31. The van der Waals surface area contributed by atoms with E-state index in [-0.39, 0.29) is 11.2 Å². The normalized spacial score (nSPS) is 10.9. The van der Waals surface area contributed by atoms with Crippen LogP contribution < -0.4 is 5.43 Å². The molecule has 3 nitrogen and oxygen atoms in total. The molecule has 0 saturated carbocycles. The molecule has 3 rings (SSSR count). The number of hydrogen-bond donors (Lipinski definition) is 1. The molecule has 1 heterocycles. The molecule has 0 aliphatic rings. The summed E-state index contributed by atoms with van der Waals surface area (Å²) in [5, 5.41) is 10.6. The molecule has 2 aromatic carbocycles. The molecule has 1 aromatic heterocycles. The van der Waals surface area contributed by atoms with E-state index in [1.807, 2.05) is 0 Å². The summed E-state index contributed by atoms with van der Waals surface area (Å²) >= 11 is 11.8. The van der Waals surface area contributed by atoms with Crippen LogP contribution in [0.1, 0.15) is 0 Å². The monoisotopic (exact) mass is 306 g/mol. The van der Waals surface area contributed by atoms with Gasteiger partial charge in [0.1, 0.15) is 17.6 Å². The van der Waals surface area contributed by atoms with Crippen molar-refractivity contribution in [1.29, 1.82) is 0 Å². The van der Waals surface area contributed by atoms with Crippen LogP contribution in [0, 0.1) is 0 Å². The summed E-state index contributed by atoms with van der Waals surface area (Å²) in [4.78, 5) is 12.4. The van der Waals surface area contributed by atoms with Crippen molar-refractivity contribution in [2.24, 2.45) is 0 Å². The molecule has 0 bridgehead atoms. The Morgan fingerprint density at radius 2 is 1.80 bits per heavy atom. The van der Waals surface area contributed by atoms with Crippen LogP contribution in [0.3, 0.4) is 0 Å². The number of fused-ring (bicyclic) bond motifs is 1. The van der Waals surface area contributed by atoms with Crippen molar-refractivity contribution in [1.82, 2.24) is 0 Å². The lowest BCUT2D eigenvalue weighted by Crippen LogP contribution is -2.04. The zero-order valence-electron chi connectivity index (χ0n) is 10.1. The van der Waals surface area contributed by atoms with Crippen molar-refractivity contribution in [3.8, 4) is 16.9 Å². The van der Waals surface area contributed by atoms with Crippen LogP contribution in [-0.2, 0) is 0 Å². The largest absolute Gasteiger partial charge is 0.508 e. The van der Waals surface area contributed by atoms with E-state index in [9.17, 15) is 9.90 Å². The fourth-order valence-electron chi connectivity index (χ4n) is 1.98. The Kier molecular flexibility index (Phi) is 3.16. The first-order valence-corrected chi connectivity index (χ1v) is 6.52. The van der Waals surface area contributed by atoms with Crippen LogP contribution >= 0.6 is 23.2 Å². The minimum atomic E-state index is -0.190. The third kappa shape index (κ3) is 2.15. The molecule has 0 amide bonds. The van der Waals surface area contributed by atoms with Gasteiger partial charge in [-0.15, -0.1) is 0 Å². The lowest BCUT2D eigenvalue weighted by Gasteiger charge is -2.04. The standard InChI is InChI=1S/C15H8Cl2O3/c16-12-4-1-8(5-13(12)17)11-7-20-14-6-9(18)2-3-10(14)15(11)19/h1-7,18H. The molecule has 100 valence electrons. The van der Waals surface area contributed by atoms with Crippen LogP contribution in [0.25, 0.3) is 22.1 Å². The van der Waals surface area contributed by atoms with Gasteiger partial charge in [-0.3, -0.25) is 4.79 Å². The van der Waals surface area contributed by atoms with E-state index in [2.05, 4.69) is 0 Å². The van der Waals surface area contributed by atoms with E-state index in [0.717, 1.165) is 0 Å². The Morgan fingerprint density at radius 3 is 2.55 bits per heavy atom. The van der Waals surface area contributed by atoms with Crippen molar-refractivity contribution in [3.63, 3.8) is 0 Å². The first-order chi connectivity index (χ1) is 9.56. The Bertz CT molecular complexity index is 869. The smallest absolute Gasteiger partial charge is 0.200 e. The van der Waals surface area contributed by atoms with Crippen molar-refractivity contribution in [2.45, 2.75) is 0 Å². The fraction of sp³-hybridized carbons (Fsp3) is 0. The van der Waals surface area contributed by atoms with Crippen molar-refractivity contribution < 1.29 is 9.52 Å². The minimum Gasteiger partial charge on any atom is -0.508 e. The van der Waals surface area contributed by atoms with Crippen LogP contribution in [0.5, 0.6) is 5.75 Å². The van der Waals surface area contributed by atoms with Crippen molar-refractivity contribution in [2.75, 3.05) is 0 Å². The third-order valence-corrected chi connectivity index (χ3v) is 3.73. The number of aromatic hydroxyl groups is 1. The number of halogens is 2. The second-order valence-electron chi connectivity index (χ2n) is 4.29. The van der Waals surface area contributed by atoms with Gasteiger partial charge in [0.2, 0.25) is 0 Å². The average molecular weight is 307 g/mol. The number of benzene rings is 2. The van der Waals surface area contributed by atoms with Crippen LogP contribution in [-0.4, -0.2) is 5.11 Å². The molecule has 0 saturated heterocycles. The molecule has 0 radical (unpaired) electrons. The summed E-state index contributed by atoms with van der Waals surface area (Å²) < 4.78 is 5.39. The van der Waals surface area contributed by atoms with E-state index in [0.29, 0.717) is 32.1 Å². The summed E-state index contributed by atoms with van der Waals surface area (Å²) in [5.41, 5.74) is 1.16. The van der Waals surface area contributed by atoms with Crippen LogP contribution in [0.4, 0.5) is 0 Å². The summed E-state index contributed by atoms with van der Waals surface area (Å²) in [5.74, 6) is 0.0444. The molecule has 20 heavy (non-hydrogen) atoms. The quantitative estimate of drug-likeness (QED) is 0.721. The summed E-state index contributed by atoms with van der Waals surface area (Å²) in [7, 11) is 0. The van der Waals surface area contributed by atoms with Gasteiger partial charge in [0, 0.05) is 6.07 Å². The molecule has 1 N–H and O–H groups in total. The Balaban J connectivity index is 2.27. The Labute approximate surface area is 124 Å². The van der Waals surface area contributed by atoms with Gasteiger partial charge in [-0.2, -0.15) is 0 Å². The van der Waals surface area contributed by atoms with Gasteiger partial charge < -0.3 is 9.52 Å². The number of phenols is 1. The van der Waals surface area contributed by atoms with Gasteiger partial charge in [0.15, 0.2) is 5.43 Å². The minimum absolute atomic E-state index is 0.0444. The van der Waals surface area contributed by atoms with Crippen LogP contribution in [0.2, 0.25) is 10.0 Å². The van der Waals surface area contributed by atoms with Crippen molar-refractivity contribution >= 4 is 34.2 Å². The fourth-order valence-corrected chi connectivity index (χ4v) is 2.28. The van der Waals surface area contributed by atoms with E-state index in [4.69, 9.17) is 27.6 Å². The topological polar surface area (TPSA) is 50.4 Å². The molecule has 0 aliphatic heterocycles. The van der Waals surface area contributed by atoms with Crippen LogP contribution in [0.15, 0.2) is 51.9 Å². The lowest BCUT2D eigenvalue weighted by atomic mass is 10.1. The summed E-state index contributed by atoms with van der Waals surface area (Å²) in [6.45, 7) is 0. The second kappa shape index (κ2) is 4.85. The lowest BCUT2D eigenvalue weighted by molar-refractivity contribution is 0.474. The van der Waals surface area contributed by atoms with Gasteiger partial charge in [-0.25, -0.2) is 0 Å².